The predicted molar refractivity (Wildman–Crippen MR) is 66.3 cm³/mol. The van der Waals surface area contributed by atoms with E-state index in [1.807, 2.05) is 0 Å². The van der Waals surface area contributed by atoms with Crippen molar-refractivity contribution >= 4 is 11.9 Å². The molecule has 1 amide bonds. The molecule has 0 atom stereocenters. The zero-order valence-electron chi connectivity index (χ0n) is 10.7. The van der Waals surface area contributed by atoms with Crippen molar-refractivity contribution in [2.75, 3.05) is 6.54 Å². The SMILES string of the molecule is Cc1nc(C(=O)NCCc2ncon2)ccc1C(=O)O. The van der Waals surface area contributed by atoms with Crippen molar-refractivity contribution in [1.29, 1.82) is 0 Å². The van der Waals surface area contributed by atoms with Crippen LogP contribution in [0.1, 0.15) is 32.4 Å². The molecule has 2 heterocycles. The van der Waals surface area contributed by atoms with Gasteiger partial charge in [0.1, 0.15) is 5.69 Å². The largest absolute Gasteiger partial charge is 0.478 e. The lowest BCUT2D eigenvalue weighted by Crippen LogP contribution is -2.27. The third-order valence-corrected chi connectivity index (χ3v) is 2.59. The summed E-state index contributed by atoms with van der Waals surface area (Å²) in [6.07, 6.45) is 1.65. The third kappa shape index (κ3) is 3.16. The second kappa shape index (κ2) is 5.91. The fourth-order valence-corrected chi connectivity index (χ4v) is 1.59. The Bertz CT molecular complexity index is 624. The van der Waals surface area contributed by atoms with Gasteiger partial charge in [0, 0.05) is 13.0 Å². The molecule has 2 rings (SSSR count). The van der Waals surface area contributed by atoms with Gasteiger partial charge in [0.15, 0.2) is 5.82 Å². The minimum absolute atomic E-state index is 0.0772. The van der Waals surface area contributed by atoms with Crippen LogP contribution in [0.15, 0.2) is 23.0 Å². The van der Waals surface area contributed by atoms with Crippen molar-refractivity contribution in [3.63, 3.8) is 0 Å². The smallest absolute Gasteiger partial charge is 0.337 e. The summed E-state index contributed by atoms with van der Waals surface area (Å²) >= 11 is 0. The van der Waals surface area contributed by atoms with Crippen molar-refractivity contribution in [1.82, 2.24) is 20.4 Å². The average Bonchev–Trinajstić information content (AvgIpc) is 2.91. The summed E-state index contributed by atoms with van der Waals surface area (Å²) in [5.41, 5.74) is 0.539. The number of carbonyl (C=O) groups is 2. The molecule has 0 saturated carbocycles. The molecule has 20 heavy (non-hydrogen) atoms. The molecule has 0 saturated heterocycles. The number of aromatic carboxylic acids is 1. The van der Waals surface area contributed by atoms with E-state index in [2.05, 4.69) is 25.0 Å². The number of aromatic nitrogens is 3. The molecular weight excluding hydrogens is 264 g/mol. The van der Waals surface area contributed by atoms with Crippen molar-refractivity contribution in [2.24, 2.45) is 0 Å². The molecular formula is C12H12N4O4. The van der Waals surface area contributed by atoms with Crippen LogP contribution < -0.4 is 5.32 Å². The van der Waals surface area contributed by atoms with Crippen LogP contribution in [0.25, 0.3) is 0 Å². The maximum atomic E-state index is 11.8. The van der Waals surface area contributed by atoms with Crippen LogP contribution in [0.5, 0.6) is 0 Å². The topological polar surface area (TPSA) is 118 Å². The molecule has 8 nitrogen and oxygen atoms in total. The van der Waals surface area contributed by atoms with E-state index in [4.69, 9.17) is 5.11 Å². The maximum Gasteiger partial charge on any atom is 0.337 e. The molecule has 0 spiro atoms. The number of carbonyl (C=O) groups excluding carboxylic acids is 1. The van der Waals surface area contributed by atoms with Crippen LogP contribution in [-0.4, -0.2) is 38.7 Å². The Morgan fingerprint density at radius 2 is 2.20 bits per heavy atom. The summed E-state index contributed by atoms with van der Waals surface area (Å²) in [6, 6.07) is 2.74. The van der Waals surface area contributed by atoms with Crippen LogP contribution in [0.3, 0.4) is 0 Å². The standard InChI is InChI=1S/C12H12N4O4/c1-7-8(12(18)19)2-3-9(15-7)11(17)13-5-4-10-14-6-20-16-10/h2-3,6H,4-5H2,1H3,(H,13,17)(H,18,19). The van der Waals surface area contributed by atoms with Crippen LogP contribution in [-0.2, 0) is 6.42 Å². The van der Waals surface area contributed by atoms with Crippen LogP contribution in [0.4, 0.5) is 0 Å². The lowest BCUT2D eigenvalue weighted by molar-refractivity contribution is 0.0694. The molecule has 0 aliphatic carbocycles. The number of carboxylic acid groups (broad SMARTS) is 1. The van der Waals surface area contributed by atoms with Crippen LogP contribution >= 0.6 is 0 Å². The van der Waals surface area contributed by atoms with E-state index in [9.17, 15) is 9.59 Å². The predicted octanol–water partition coefficient (Wildman–Crippen LogP) is 0.444. The molecule has 0 radical (unpaired) electrons. The maximum absolute atomic E-state index is 11.8. The van der Waals surface area contributed by atoms with Gasteiger partial charge >= 0.3 is 5.97 Å². The van der Waals surface area contributed by atoms with Crippen molar-refractivity contribution in [2.45, 2.75) is 13.3 Å². The minimum Gasteiger partial charge on any atom is -0.478 e. The highest BCUT2D eigenvalue weighted by molar-refractivity contribution is 5.94. The van der Waals surface area contributed by atoms with Gasteiger partial charge in [0.2, 0.25) is 6.39 Å². The lowest BCUT2D eigenvalue weighted by atomic mass is 10.2. The third-order valence-electron chi connectivity index (χ3n) is 2.59. The lowest BCUT2D eigenvalue weighted by Gasteiger charge is -2.05. The van der Waals surface area contributed by atoms with Gasteiger partial charge in [0.05, 0.1) is 11.3 Å². The summed E-state index contributed by atoms with van der Waals surface area (Å²) in [5, 5.41) is 15.1. The normalized spacial score (nSPS) is 10.2. The fourth-order valence-electron chi connectivity index (χ4n) is 1.59. The van der Waals surface area contributed by atoms with Crippen LogP contribution in [0, 0.1) is 6.92 Å². The Hall–Kier alpha value is -2.77. The highest BCUT2D eigenvalue weighted by Gasteiger charge is 2.12. The summed E-state index contributed by atoms with van der Waals surface area (Å²) < 4.78 is 4.57. The van der Waals surface area contributed by atoms with Gasteiger partial charge in [-0.05, 0) is 19.1 Å². The molecule has 8 heteroatoms. The molecule has 2 aromatic rings. The van der Waals surface area contributed by atoms with Crippen molar-refractivity contribution in [3.8, 4) is 0 Å². The molecule has 0 aliphatic heterocycles. The number of nitrogens with zero attached hydrogens (tertiary/aromatic N) is 3. The van der Waals surface area contributed by atoms with Crippen LogP contribution in [0.2, 0.25) is 0 Å². The minimum atomic E-state index is -1.07. The highest BCUT2D eigenvalue weighted by atomic mass is 16.5. The first-order valence-electron chi connectivity index (χ1n) is 5.82. The first kappa shape index (κ1) is 13.7. The Labute approximate surface area is 113 Å². The van der Waals surface area contributed by atoms with E-state index in [0.29, 0.717) is 24.5 Å². The van der Waals surface area contributed by atoms with E-state index in [-0.39, 0.29) is 17.2 Å². The second-order valence-electron chi connectivity index (χ2n) is 3.99. The Morgan fingerprint density at radius 1 is 1.40 bits per heavy atom. The Morgan fingerprint density at radius 3 is 2.80 bits per heavy atom. The zero-order valence-corrected chi connectivity index (χ0v) is 10.7. The summed E-state index contributed by atoms with van der Waals surface area (Å²) in [6.45, 7) is 1.87. The molecule has 0 bridgehead atoms. The number of carboxylic acids is 1. The van der Waals surface area contributed by atoms with Gasteiger partial charge in [0.25, 0.3) is 5.91 Å². The van der Waals surface area contributed by atoms with E-state index in [1.54, 1.807) is 6.92 Å². The van der Waals surface area contributed by atoms with Gasteiger partial charge in [-0.2, -0.15) is 4.98 Å². The van der Waals surface area contributed by atoms with Gasteiger partial charge in [-0.15, -0.1) is 0 Å². The quantitative estimate of drug-likeness (QED) is 0.813. The molecule has 2 N–H and O–H groups in total. The number of hydrogen-bond donors (Lipinski definition) is 2. The summed E-state index contributed by atoms with van der Waals surface area (Å²) in [7, 11) is 0. The first-order valence-corrected chi connectivity index (χ1v) is 5.82. The van der Waals surface area contributed by atoms with Gasteiger partial charge in [-0.25, -0.2) is 9.78 Å². The zero-order chi connectivity index (χ0) is 14.5. The number of pyridine rings is 1. The first-order chi connectivity index (χ1) is 9.58. The van der Waals surface area contributed by atoms with Crippen molar-refractivity contribution < 1.29 is 19.2 Å². The van der Waals surface area contributed by atoms with Crippen molar-refractivity contribution in [3.05, 3.63) is 41.3 Å². The molecule has 0 aromatic carbocycles. The number of amides is 1. The van der Waals surface area contributed by atoms with E-state index >= 15 is 0 Å². The van der Waals surface area contributed by atoms with E-state index in [0.717, 1.165) is 0 Å². The molecule has 0 aliphatic rings. The van der Waals surface area contributed by atoms with Gasteiger partial charge < -0.3 is 14.9 Å². The highest BCUT2D eigenvalue weighted by Crippen LogP contribution is 2.06. The average molecular weight is 276 g/mol. The number of hydrogen-bond acceptors (Lipinski definition) is 6. The molecule has 2 aromatic heterocycles. The Kier molecular flexibility index (Phi) is 4.04. The molecule has 104 valence electrons. The monoisotopic (exact) mass is 276 g/mol. The number of nitrogens with one attached hydrogen (secondary N) is 1. The van der Waals surface area contributed by atoms with E-state index in [1.165, 1.54) is 18.5 Å². The summed E-state index contributed by atoms with van der Waals surface area (Å²) in [5.74, 6) is -0.955. The molecule has 0 unspecified atom stereocenters. The fraction of sp³-hybridized carbons (Fsp3) is 0.250. The summed E-state index contributed by atoms with van der Waals surface area (Å²) in [4.78, 5) is 30.5. The van der Waals surface area contributed by atoms with Gasteiger partial charge in [-0.3, -0.25) is 4.79 Å². The number of rotatable bonds is 5. The second-order valence-corrected chi connectivity index (χ2v) is 3.99. The number of aryl methyl sites for hydroxylation is 1. The van der Waals surface area contributed by atoms with E-state index < -0.39 is 5.97 Å². The molecule has 0 fully saturated rings. The van der Waals surface area contributed by atoms with Gasteiger partial charge in [-0.1, -0.05) is 5.16 Å². The Balaban J connectivity index is 1.95.